The maximum atomic E-state index is 4.66. The van der Waals surface area contributed by atoms with Crippen LogP contribution >= 0.6 is 11.3 Å². The van der Waals surface area contributed by atoms with E-state index in [-0.39, 0.29) is 5.41 Å². The molecule has 2 heterocycles. The highest BCUT2D eigenvalue weighted by atomic mass is 32.1. The Bertz CT molecular complexity index is 1160. The van der Waals surface area contributed by atoms with Crippen LogP contribution in [0.15, 0.2) is 78.2 Å². The molecule has 29 heavy (non-hydrogen) atoms. The first-order valence-electron chi connectivity index (χ1n) is 9.81. The van der Waals surface area contributed by atoms with Crippen LogP contribution in [0.2, 0.25) is 0 Å². The van der Waals surface area contributed by atoms with Crippen molar-refractivity contribution in [2.75, 3.05) is 19.0 Å². The molecule has 2 aromatic carbocycles. The predicted octanol–water partition coefficient (Wildman–Crippen LogP) is 5.76. The quantitative estimate of drug-likeness (QED) is 0.475. The van der Waals surface area contributed by atoms with Crippen molar-refractivity contribution in [1.29, 1.82) is 0 Å². The highest BCUT2D eigenvalue weighted by Crippen LogP contribution is 2.44. The molecule has 0 amide bonds. The number of nitrogens with one attached hydrogen (secondary N) is 1. The van der Waals surface area contributed by atoms with Crippen molar-refractivity contribution in [3.8, 4) is 10.6 Å². The lowest BCUT2D eigenvalue weighted by Crippen LogP contribution is -2.30. The number of aromatic amines is 1. The van der Waals surface area contributed by atoms with Crippen molar-refractivity contribution in [3.05, 3.63) is 101 Å². The molecule has 0 bridgehead atoms. The van der Waals surface area contributed by atoms with Crippen LogP contribution in [0.25, 0.3) is 16.6 Å². The van der Waals surface area contributed by atoms with Gasteiger partial charge in [0.1, 0.15) is 5.69 Å². The lowest BCUT2D eigenvalue weighted by Gasteiger charge is -2.35. The number of rotatable bonds is 4. The van der Waals surface area contributed by atoms with Gasteiger partial charge >= 0.3 is 0 Å². The lowest BCUT2D eigenvalue weighted by molar-refractivity contribution is 0.620. The number of allylic oxidation sites excluding steroid dienone is 1. The molecule has 2 aromatic heterocycles. The molecule has 1 aliphatic rings. The first kappa shape index (κ1) is 18.0. The van der Waals surface area contributed by atoms with Gasteiger partial charge in [-0.25, -0.2) is 0 Å². The molecule has 5 rings (SSSR count). The second-order valence-electron chi connectivity index (χ2n) is 7.73. The van der Waals surface area contributed by atoms with Crippen LogP contribution < -0.4 is 4.90 Å². The van der Waals surface area contributed by atoms with E-state index in [4.69, 9.17) is 0 Å². The fraction of sp³-hybridized carbons (Fsp3) is 0.160. The Kier molecular flexibility index (Phi) is 4.36. The summed E-state index contributed by atoms with van der Waals surface area (Å²) < 4.78 is 0. The van der Waals surface area contributed by atoms with E-state index in [0.29, 0.717) is 0 Å². The number of aromatic nitrogens is 2. The van der Waals surface area contributed by atoms with Crippen LogP contribution in [0, 0.1) is 0 Å². The summed E-state index contributed by atoms with van der Waals surface area (Å²) in [6.07, 6.45) is 5.48. The number of hydrogen-bond acceptors (Lipinski definition) is 3. The Morgan fingerprint density at radius 3 is 2.55 bits per heavy atom. The Morgan fingerprint density at radius 1 is 0.966 bits per heavy atom. The number of benzene rings is 2. The van der Waals surface area contributed by atoms with E-state index in [1.165, 1.54) is 32.9 Å². The van der Waals surface area contributed by atoms with E-state index >= 15 is 0 Å². The summed E-state index contributed by atoms with van der Waals surface area (Å²) in [5.74, 6) is 0. The minimum atomic E-state index is -0.223. The summed E-state index contributed by atoms with van der Waals surface area (Å²) in [4.78, 5) is 3.36. The lowest BCUT2D eigenvalue weighted by atomic mass is 9.68. The van der Waals surface area contributed by atoms with E-state index in [1.54, 1.807) is 11.3 Å². The Balaban J connectivity index is 1.67. The molecule has 0 fully saturated rings. The molecule has 1 aliphatic carbocycles. The fourth-order valence-corrected chi connectivity index (χ4v) is 4.95. The van der Waals surface area contributed by atoms with Crippen LogP contribution in [-0.2, 0) is 11.8 Å². The van der Waals surface area contributed by atoms with Gasteiger partial charge in [-0.1, -0.05) is 60.7 Å². The van der Waals surface area contributed by atoms with E-state index < -0.39 is 0 Å². The standard InChI is InChI=1S/C25H23N3S/c1-28(2)20-11-6-10-19(16-20)25(18-8-4-3-5-9-18)14-13-21-22(17-25)26-27-24(21)23-12-7-15-29-23/h3-16H,17H2,1-2H3,(H,26,27). The van der Waals surface area contributed by atoms with Gasteiger partial charge in [0, 0.05) is 42.9 Å². The van der Waals surface area contributed by atoms with Crippen molar-refractivity contribution in [2.45, 2.75) is 11.8 Å². The van der Waals surface area contributed by atoms with Crippen molar-refractivity contribution in [1.82, 2.24) is 10.2 Å². The monoisotopic (exact) mass is 397 g/mol. The molecular weight excluding hydrogens is 374 g/mol. The highest BCUT2D eigenvalue weighted by molar-refractivity contribution is 7.13. The van der Waals surface area contributed by atoms with E-state index in [1.807, 2.05) is 0 Å². The van der Waals surface area contributed by atoms with Crippen LogP contribution in [0.1, 0.15) is 22.4 Å². The molecule has 4 aromatic rings. The Hall–Kier alpha value is -3.11. The predicted molar refractivity (Wildman–Crippen MR) is 123 cm³/mol. The Morgan fingerprint density at radius 2 is 1.79 bits per heavy atom. The summed E-state index contributed by atoms with van der Waals surface area (Å²) in [6, 6.07) is 23.9. The summed E-state index contributed by atoms with van der Waals surface area (Å²) in [6.45, 7) is 0. The normalized spacial score (nSPS) is 17.9. The van der Waals surface area contributed by atoms with Crippen molar-refractivity contribution in [2.24, 2.45) is 0 Å². The molecule has 0 aliphatic heterocycles. The van der Waals surface area contributed by atoms with Gasteiger partial charge in [-0.2, -0.15) is 5.10 Å². The van der Waals surface area contributed by atoms with Gasteiger partial charge in [-0.3, -0.25) is 5.10 Å². The van der Waals surface area contributed by atoms with Gasteiger partial charge in [0.2, 0.25) is 0 Å². The third kappa shape index (κ3) is 3.00. The van der Waals surface area contributed by atoms with Crippen molar-refractivity contribution >= 4 is 23.1 Å². The third-order valence-electron chi connectivity index (χ3n) is 5.79. The Labute approximate surface area is 175 Å². The number of thiophene rings is 1. The van der Waals surface area contributed by atoms with Crippen LogP contribution in [-0.4, -0.2) is 24.3 Å². The molecular formula is C25H23N3S. The van der Waals surface area contributed by atoms with Gasteiger partial charge in [0.05, 0.1) is 4.88 Å². The van der Waals surface area contributed by atoms with Gasteiger partial charge in [0.25, 0.3) is 0 Å². The summed E-state index contributed by atoms with van der Waals surface area (Å²) in [7, 11) is 4.18. The minimum absolute atomic E-state index is 0.223. The van der Waals surface area contributed by atoms with E-state index in [2.05, 4.69) is 113 Å². The van der Waals surface area contributed by atoms with Crippen LogP contribution in [0.3, 0.4) is 0 Å². The van der Waals surface area contributed by atoms with Crippen molar-refractivity contribution in [3.63, 3.8) is 0 Å². The number of hydrogen-bond donors (Lipinski definition) is 1. The van der Waals surface area contributed by atoms with E-state index in [9.17, 15) is 0 Å². The second-order valence-corrected chi connectivity index (χ2v) is 8.68. The third-order valence-corrected chi connectivity index (χ3v) is 6.67. The summed E-state index contributed by atoms with van der Waals surface area (Å²) >= 11 is 1.73. The average molecular weight is 398 g/mol. The van der Waals surface area contributed by atoms with Crippen LogP contribution in [0.4, 0.5) is 5.69 Å². The number of nitrogens with zero attached hydrogens (tertiary/aromatic N) is 2. The van der Waals surface area contributed by atoms with Gasteiger partial charge in [-0.05, 0) is 34.7 Å². The number of fused-ring (bicyclic) bond motifs is 1. The molecule has 0 radical (unpaired) electrons. The molecule has 0 saturated carbocycles. The zero-order valence-electron chi connectivity index (χ0n) is 16.6. The highest BCUT2D eigenvalue weighted by Gasteiger charge is 2.36. The zero-order valence-corrected chi connectivity index (χ0v) is 17.4. The van der Waals surface area contributed by atoms with Gasteiger partial charge in [-0.15, -0.1) is 11.3 Å². The van der Waals surface area contributed by atoms with Gasteiger partial charge in [0.15, 0.2) is 0 Å². The first-order chi connectivity index (χ1) is 14.2. The molecule has 3 nitrogen and oxygen atoms in total. The smallest absolute Gasteiger partial charge is 0.109 e. The maximum Gasteiger partial charge on any atom is 0.109 e. The van der Waals surface area contributed by atoms with Crippen molar-refractivity contribution < 1.29 is 0 Å². The molecule has 144 valence electrons. The molecule has 0 spiro atoms. The maximum absolute atomic E-state index is 4.66. The topological polar surface area (TPSA) is 31.9 Å². The summed E-state index contributed by atoms with van der Waals surface area (Å²) in [5, 5.41) is 10.1. The molecule has 1 N–H and O–H groups in total. The number of H-pyrrole nitrogens is 1. The van der Waals surface area contributed by atoms with E-state index in [0.717, 1.165) is 12.1 Å². The zero-order chi connectivity index (χ0) is 19.8. The SMILES string of the molecule is CN(C)c1cccc(C2(c3ccccc3)C=Cc3c(-c4cccs4)n[nH]c3C2)c1. The summed E-state index contributed by atoms with van der Waals surface area (Å²) in [5.41, 5.74) is 7.03. The molecule has 1 atom stereocenters. The largest absolute Gasteiger partial charge is 0.378 e. The fourth-order valence-electron chi connectivity index (χ4n) is 4.23. The van der Waals surface area contributed by atoms with Gasteiger partial charge < -0.3 is 4.90 Å². The second kappa shape index (κ2) is 7.05. The number of anilines is 1. The molecule has 4 heteroatoms. The van der Waals surface area contributed by atoms with Crippen LogP contribution in [0.5, 0.6) is 0 Å². The first-order valence-corrected chi connectivity index (χ1v) is 10.7. The molecule has 1 unspecified atom stereocenters. The minimum Gasteiger partial charge on any atom is -0.378 e. The average Bonchev–Trinajstić information content (AvgIpc) is 3.43. The molecule has 0 saturated heterocycles.